The van der Waals surface area contributed by atoms with Gasteiger partial charge in [-0.1, -0.05) is 13.8 Å². The van der Waals surface area contributed by atoms with Gasteiger partial charge in [0.25, 0.3) is 0 Å². The number of hydrogen-bond donors (Lipinski definition) is 1. The van der Waals surface area contributed by atoms with E-state index >= 15 is 0 Å². The lowest BCUT2D eigenvalue weighted by molar-refractivity contribution is 0.370. The number of halogens is 2. The topological polar surface area (TPSA) is 12.0 Å². The van der Waals surface area contributed by atoms with Crippen molar-refractivity contribution < 1.29 is 0 Å². The molecule has 0 bridgehead atoms. The summed E-state index contributed by atoms with van der Waals surface area (Å²) in [6, 6.07) is 2.90. The molecule has 1 N–H and O–H groups in total. The Kier molecular flexibility index (Phi) is 4.50. The SMILES string of the molecule is CC1CCC(NCc2cc(Br)c(Br)s2)C1C. The molecule has 0 saturated heterocycles. The molecule has 16 heavy (non-hydrogen) atoms. The summed E-state index contributed by atoms with van der Waals surface area (Å²) in [5.41, 5.74) is 0. The monoisotopic (exact) mass is 365 g/mol. The van der Waals surface area contributed by atoms with E-state index in [1.165, 1.54) is 26.0 Å². The van der Waals surface area contributed by atoms with E-state index < -0.39 is 0 Å². The summed E-state index contributed by atoms with van der Waals surface area (Å²) in [5.74, 6) is 1.69. The molecule has 2 rings (SSSR count). The van der Waals surface area contributed by atoms with Crippen LogP contribution in [0.2, 0.25) is 0 Å². The predicted molar refractivity (Wildman–Crippen MR) is 77.9 cm³/mol. The molecule has 0 amide bonds. The van der Waals surface area contributed by atoms with Crippen molar-refractivity contribution in [3.63, 3.8) is 0 Å². The normalized spacial score (nSPS) is 29.9. The van der Waals surface area contributed by atoms with Gasteiger partial charge in [0.15, 0.2) is 0 Å². The Balaban J connectivity index is 1.88. The van der Waals surface area contributed by atoms with Crippen LogP contribution in [-0.4, -0.2) is 6.04 Å². The highest BCUT2D eigenvalue weighted by molar-refractivity contribution is 9.13. The predicted octanol–water partition coefficient (Wildman–Crippen LogP) is 4.80. The molecule has 1 aliphatic rings. The smallest absolute Gasteiger partial charge is 0.0843 e. The molecule has 0 radical (unpaired) electrons. The molecule has 1 fully saturated rings. The molecule has 1 heterocycles. The minimum Gasteiger partial charge on any atom is -0.309 e. The van der Waals surface area contributed by atoms with Crippen LogP contribution >= 0.6 is 43.2 Å². The van der Waals surface area contributed by atoms with E-state index in [1.807, 2.05) is 11.3 Å². The third-order valence-corrected chi connectivity index (χ3v) is 6.96. The molecule has 0 spiro atoms. The van der Waals surface area contributed by atoms with Gasteiger partial charge in [0.05, 0.1) is 3.79 Å². The highest BCUT2D eigenvalue weighted by atomic mass is 79.9. The lowest BCUT2D eigenvalue weighted by Gasteiger charge is -2.19. The Hall–Kier alpha value is 0.620. The Bertz CT molecular complexity index is 344. The molecule has 3 unspecified atom stereocenters. The third-order valence-electron chi connectivity index (χ3n) is 3.70. The molecular weight excluding hydrogens is 350 g/mol. The molecule has 3 atom stereocenters. The maximum Gasteiger partial charge on any atom is 0.0843 e. The second-order valence-electron chi connectivity index (χ2n) is 4.74. The van der Waals surface area contributed by atoms with E-state index in [4.69, 9.17) is 0 Å². The van der Waals surface area contributed by atoms with Crippen molar-refractivity contribution in [1.29, 1.82) is 0 Å². The maximum absolute atomic E-state index is 3.69. The van der Waals surface area contributed by atoms with Crippen LogP contribution in [0.4, 0.5) is 0 Å². The lowest BCUT2D eigenvalue weighted by Crippen LogP contribution is -2.31. The van der Waals surface area contributed by atoms with Gasteiger partial charge in [0.2, 0.25) is 0 Å². The largest absolute Gasteiger partial charge is 0.309 e. The van der Waals surface area contributed by atoms with Gasteiger partial charge in [0.1, 0.15) is 0 Å². The van der Waals surface area contributed by atoms with Crippen molar-refractivity contribution in [1.82, 2.24) is 5.32 Å². The molecule has 4 heteroatoms. The van der Waals surface area contributed by atoms with E-state index in [1.54, 1.807) is 0 Å². The van der Waals surface area contributed by atoms with E-state index in [0.29, 0.717) is 6.04 Å². The van der Waals surface area contributed by atoms with Crippen LogP contribution in [0.1, 0.15) is 31.6 Å². The van der Waals surface area contributed by atoms with Crippen LogP contribution < -0.4 is 5.32 Å². The molecular formula is C12H17Br2NS. The molecule has 1 aromatic heterocycles. The fourth-order valence-electron chi connectivity index (χ4n) is 2.36. The van der Waals surface area contributed by atoms with E-state index in [9.17, 15) is 0 Å². The number of thiophene rings is 1. The zero-order valence-electron chi connectivity index (χ0n) is 9.59. The van der Waals surface area contributed by atoms with Gasteiger partial charge in [-0.3, -0.25) is 0 Å². The minimum absolute atomic E-state index is 0.703. The van der Waals surface area contributed by atoms with Gasteiger partial charge < -0.3 is 5.32 Å². The van der Waals surface area contributed by atoms with Crippen LogP contribution in [0.25, 0.3) is 0 Å². The number of rotatable bonds is 3. The van der Waals surface area contributed by atoms with E-state index in [2.05, 4.69) is 57.1 Å². The number of hydrogen-bond acceptors (Lipinski definition) is 2. The Morgan fingerprint density at radius 3 is 2.62 bits per heavy atom. The van der Waals surface area contributed by atoms with Gasteiger partial charge in [-0.25, -0.2) is 0 Å². The van der Waals surface area contributed by atoms with Crippen molar-refractivity contribution in [2.75, 3.05) is 0 Å². The molecule has 0 aliphatic heterocycles. The average molecular weight is 367 g/mol. The molecule has 1 nitrogen and oxygen atoms in total. The van der Waals surface area contributed by atoms with Gasteiger partial charge in [0, 0.05) is 21.9 Å². The van der Waals surface area contributed by atoms with Crippen molar-refractivity contribution in [2.45, 2.75) is 39.3 Å². The van der Waals surface area contributed by atoms with Crippen LogP contribution in [0, 0.1) is 11.8 Å². The molecule has 1 saturated carbocycles. The number of nitrogens with one attached hydrogen (secondary N) is 1. The first-order chi connectivity index (χ1) is 7.58. The van der Waals surface area contributed by atoms with Crippen LogP contribution in [0.5, 0.6) is 0 Å². The summed E-state index contributed by atoms with van der Waals surface area (Å²) in [6.07, 6.45) is 2.70. The quantitative estimate of drug-likeness (QED) is 0.810. The summed E-state index contributed by atoms with van der Waals surface area (Å²) in [6.45, 7) is 5.73. The van der Waals surface area contributed by atoms with Gasteiger partial charge in [-0.15, -0.1) is 11.3 Å². The molecule has 90 valence electrons. The summed E-state index contributed by atoms with van der Waals surface area (Å²) in [4.78, 5) is 1.39. The minimum atomic E-state index is 0.703. The van der Waals surface area contributed by atoms with Crippen molar-refractivity contribution in [3.8, 4) is 0 Å². The molecule has 1 aromatic rings. The van der Waals surface area contributed by atoms with Gasteiger partial charge in [-0.05, 0) is 62.6 Å². The first-order valence-corrected chi connectivity index (χ1v) is 8.15. The van der Waals surface area contributed by atoms with Crippen molar-refractivity contribution in [2.24, 2.45) is 11.8 Å². The van der Waals surface area contributed by atoms with Gasteiger partial charge in [-0.2, -0.15) is 0 Å². The maximum atomic E-state index is 3.69. The molecule has 1 aliphatic carbocycles. The Morgan fingerprint density at radius 1 is 1.38 bits per heavy atom. The third kappa shape index (κ3) is 2.89. The highest BCUT2D eigenvalue weighted by Gasteiger charge is 2.29. The fourth-order valence-corrected chi connectivity index (χ4v) is 4.49. The van der Waals surface area contributed by atoms with Gasteiger partial charge >= 0.3 is 0 Å². The zero-order chi connectivity index (χ0) is 11.7. The van der Waals surface area contributed by atoms with E-state index in [0.717, 1.165) is 18.4 Å². The Morgan fingerprint density at radius 2 is 2.12 bits per heavy atom. The average Bonchev–Trinajstić information content (AvgIpc) is 2.72. The van der Waals surface area contributed by atoms with Crippen molar-refractivity contribution >= 4 is 43.2 Å². The lowest BCUT2D eigenvalue weighted by atomic mass is 9.98. The Labute approximate surface area is 118 Å². The zero-order valence-corrected chi connectivity index (χ0v) is 13.6. The molecule has 0 aromatic carbocycles. The van der Waals surface area contributed by atoms with Crippen LogP contribution in [-0.2, 0) is 6.54 Å². The fraction of sp³-hybridized carbons (Fsp3) is 0.667. The summed E-state index contributed by atoms with van der Waals surface area (Å²) < 4.78 is 2.36. The summed E-state index contributed by atoms with van der Waals surface area (Å²) in [7, 11) is 0. The summed E-state index contributed by atoms with van der Waals surface area (Å²) >= 11 is 8.87. The second kappa shape index (κ2) is 5.51. The second-order valence-corrected chi connectivity index (χ2v) is 8.04. The van der Waals surface area contributed by atoms with Crippen LogP contribution in [0.3, 0.4) is 0 Å². The summed E-state index contributed by atoms with van der Waals surface area (Å²) in [5, 5.41) is 3.69. The van der Waals surface area contributed by atoms with Crippen molar-refractivity contribution in [3.05, 3.63) is 19.2 Å². The first kappa shape index (κ1) is 13.1. The highest BCUT2D eigenvalue weighted by Crippen LogP contribution is 2.34. The standard InChI is InChI=1S/C12H17Br2NS/c1-7-3-4-11(8(7)2)15-6-9-5-10(13)12(14)16-9/h5,7-8,11,15H,3-4,6H2,1-2H3. The van der Waals surface area contributed by atoms with Crippen LogP contribution in [0.15, 0.2) is 14.3 Å². The van der Waals surface area contributed by atoms with E-state index in [-0.39, 0.29) is 0 Å². The first-order valence-electron chi connectivity index (χ1n) is 5.75.